The minimum absolute atomic E-state index is 0.113. The molecule has 0 spiro atoms. The third kappa shape index (κ3) is 27.8. The number of aliphatic hydroxyl groups is 2. The van der Waals surface area contributed by atoms with Crippen LogP contribution in [0.15, 0.2) is 20.0 Å². The molecule has 30 heteroatoms. The first-order valence-corrected chi connectivity index (χ1v) is 26.1. The number of amides is 4. The first-order valence-electron chi connectivity index (χ1n) is 26.1. The van der Waals surface area contributed by atoms with Gasteiger partial charge < -0.3 is 71.4 Å². The van der Waals surface area contributed by atoms with Crippen molar-refractivity contribution < 1.29 is 96.2 Å². The predicted molar refractivity (Wildman–Crippen MR) is 309 cm³/mol. The monoisotopic (exact) mass is 1200 g/mol. The van der Waals surface area contributed by atoms with E-state index in [4.69, 9.17) is 29.2 Å². The van der Waals surface area contributed by atoms with Gasteiger partial charge in [-0.15, -0.1) is 0 Å². The highest BCUT2D eigenvalue weighted by Gasteiger charge is 2.43. The van der Waals surface area contributed by atoms with Gasteiger partial charge in [0.15, 0.2) is 33.7 Å². The van der Waals surface area contributed by atoms with Crippen molar-refractivity contribution in [1.82, 2.24) is 21.3 Å². The summed E-state index contributed by atoms with van der Waals surface area (Å²) in [7, 11) is 7.39. The Morgan fingerprint density at radius 3 is 0.738 bits per heavy atom. The third-order valence-corrected chi connectivity index (χ3v) is 10.9. The van der Waals surface area contributed by atoms with Crippen LogP contribution in [0.3, 0.4) is 0 Å². The van der Waals surface area contributed by atoms with Gasteiger partial charge in [-0.05, 0) is 125 Å². The van der Waals surface area contributed by atoms with Crippen LogP contribution in [0, 0.1) is 0 Å². The number of ketones is 2. The largest absolute Gasteiger partial charge is 0.467 e. The number of methoxy groups -OCH3 is 2. The molecule has 0 bridgehead atoms. The Hall–Kier alpha value is -7.44. The highest BCUT2D eigenvalue weighted by Crippen LogP contribution is 2.26. The Morgan fingerprint density at radius 1 is 0.417 bits per heavy atom. The van der Waals surface area contributed by atoms with Gasteiger partial charge in [0, 0.05) is 27.1 Å². The Morgan fingerprint density at radius 2 is 0.595 bits per heavy atom. The highest BCUT2D eigenvalue weighted by atomic mass is 16.6. The maximum Gasteiger partial charge on any atom is 0.340 e. The number of ether oxygens (including phenoxy) is 6. The summed E-state index contributed by atoms with van der Waals surface area (Å²) in [6.45, 7) is 28.9. The number of esters is 6. The number of Topliss-reactive ketones (excluding diaryl/α,β-unsaturated/α-hetero) is 2. The van der Waals surface area contributed by atoms with Gasteiger partial charge in [-0.1, -0.05) is 13.8 Å². The van der Waals surface area contributed by atoms with E-state index in [1.807, 2.05) is 0 Å². The van der Waals surface area contributed by atoms with Gasteiger partial charge >= 0.3 is 35.8 Å². The molecule has 4 aliphatic rings. The fraction of sp³-hybridized carbons (Fsp3) is 0.704. The van der Waals surface area contributed by atoms with Crippen molar-refractivity contribution in [2.45, 2.75) is 207 Å². The van der Waals surface area contributed by atoms with E-state index in [1.54, 1.807) is 96.9 Å². The van der Waals surface area contributed by atoms with Crippen LogP contribution < -0.4 is 32.7 Å². The van der Waals surface area contributed by atoms with Crippen LogP contribution in [0.2, 0.25) is 0 Å². The van der Waals surface area contributed by atoms with E-state index < -0.39 is 117 Å². The second-order valence-electron chi connectivity index (χ2n) is 21.8. The van der Waals surface area contributed by atoms with E-state index in [0.29, 0.717) is 12.8 Å². The number of nitrogens with two attached hydrogens (primary N) is 2. The molecule has 0 saturated heterocycles. The van der Waals surface area contributed by atoms with Crippen LogP contribution in [0.4, 0.5) is 0 Å². The molecule has 0 atom stereocenters. The zero-order valence-corrected chi connectivity index (χ0v) is 53.4. The molecule has 4 rings (SSSR count). The van der Waals surface area contributed by atoms with Crippen molar-refractivity contribution in [1.29, 1.82) is 0 Å². The second-order valence-corrected chi connectivity index (χ2v) is 21.8. The quantitative estimate of drug-likeness (QED) is 0.0532. The second kappa shape index (κ2) is 35.6. The summed E-state index contributed by atoms with van der Waals surface area (Å²) >= 11 is 0. The molecule has 0 saturated carbocycles. The Labute approximate surface area is 492 Å². The number of hydrogen-bond acceptors (Lipinski definition) is 26. The van der Waals surface area contributed by atoms with E-state index in [-0.39, 0.29) is 48.0 Å². The molecule has 4 heterocycles. The summed E-state index contributed by atoms with van der Waals surface area (Å²) in [5.41, 5.74) is 1.04. The SMILES string of the molecule is CC1(C)N=C(CC2=NC(C)(C)C(=O)O2)OC1=O.CC1(C)N=C(CC2=NC(C)(C)C(=O)O2)OC1=O.CCC(=O)C(C)(C)NC(=O)CC(=O)NC(C)(C)C(=O)CC.CN.CN.CO.CO.COC(=O)C(C)(C)NC(=O)CC(=O)NC(C)(C)C(=O)OC. The molecular formula is C54H94N10O20. The number of cyclic esters (lactones) is 4. The standard InChI is InChI=1S/C15H26N2O4.C13H22N2O6.2C11H14N2O4.2CH5N.2CH4O/c1-7-10(18)14(3,4)16-12(20)9-13(21)17-15(5,6)11(19)8-2;1-12(2,10(18)20-5)14-8(16)7-9(17)15-13(3,4)11(19)21-6;2*1-10(2)8(14)16-6(12-10)5-7-13-11(3,4)9(15)17-7;4*1-2/h7-9H2,1-6H3,(H,16,20)(H,17,21);7H2,1-6H3,(H,14,16)(H,15,17);2*5H2,1-4H3;2*2H2,1H3;2*2H,1H3. The molecule has 0 aromatic carbocycles. The van der Waals surface area contributed by atoms with E-state index in [0.717, 1.165) is 14.2 Å². The number of rotatable bonds is 18. The molecular weight excluding hydrogens is 1110 g/mol. The van der Waals surface area contributed by atoms with E-state index in [2.05, 4.69) is 62.2 Å². The zero-order valence-electron chi connectivity index (χ0n) is 53.4. The van der Waals surface area contributed by atoms with E-state index in [9.17, 15) is 57.5 Å². The number of hydrogen-bond donors (Lipinski definition) is 8. The maximum absolute atomic E-state index is 11.8. The van der Waals surface area contributed by atoms with Gasteiger partial charge in [-0.2, -0.15) is 0 Å². The normalized spacial score (nSPS) is 16.2. The van der Waals surface area contributed by atoms with E-state index >= 15 is 0 Å². The van der Waals surface area contributed by atoms with Crippen LogP contribution in [0.1, 0.15) is 163 Å². The number of aliphatic imine (C=N–C) groups is 4. The lowest BCUT2D eigenvalue weighted by atomic mass is 9.96. The number of nitrogens with one attached hydrogen (secondary N) is 4. The minimum atomic E-state index is -1.25. The van der Waals surface area contributed by atoms with Crippen molar-refractivity contribution >= 4 is 94.6 Å². The van der Waals surface area contributed by atoms with Gasteiger partial charge in [0.05, 0.1) is 25.3 Å². The van der Waals surface area contributed by atoms with E-state index in [1.165, 1.54) is 56.0 Å². The van der Waals surface area contributed by atoms with Crippen molar-refractivity contribution in [2.75, 3.05) is 42.5 Å². The molecule has 0 aromatic rings. The van der Waals surface area contributed by atoms with Gasteiger partial charge in [-0.25, -0.2) is 48.7 Å². The highest BCUT2D eigenvalue weighted by molar-refractivity contribution is 6.12. The Bertz CT molecular complexity index is 2150. The maximum atomic E-state index is 11.8. The predicted octanol–water partition coefficient (Wildman–Crippen LogP) is 0.692. The van der Waals surface area contributed by atoms with Crippen molar-refractivity contribution in [3.05, 3.63) is 0 Å². The summed E-state index contributed by atoms with van der Waals surface area (Å²) in [4.78, 5) is 155. The molecule has 4 amide bonds. The lowest BCUT2D eigenvalue weighted by Crippen LogP contribution is -2.54. The van der Waals surface area contributed by atoms with Crippen LogP contribution in [0.25, 0.3) is 0 Å². The van der Waals surface area contributed by atoms with Crippen molar-refractivity contribution in [3.63, 3.8) is 0 Å². The smallest absolute Gasteiger partial charge is 0.340 e. The molecule has 0 aromatic heterocycles. The number of carbonyl (C=O) groups excluding carboxylic acids is 12. The number of nitrogens with zero attached hydrogens (tertiary/aromatic N) is 4. The van der Waals surface area contributed by atoms with Crippen molar-refractivity contribution in [3.8, 4) is 0 Å². The summed E-state index contributed by atoms with van der Waals surface area (Å²) in [5.74, 6) is -4.57. The molecule has 0 unspecified atom stereocenters. The van der Waals surface area contributed by atoms with Crippen LogP contribution in [-0.2, 0) is 86.0 Å². The summed E-state index contributed by atoms with van der Waals surface area (Å²) in [6.07, 6.45) is -0.0780. The summed E-state index contributed by atoms with van der Waals surface area (Å²) < 4.78 is 29.0. The molecule has 84 heavy (non-hydrogen) atoms. The average molecular weight is 1200 g/mol. The Kier molecular flexibility index (Phi) is 35.2. The molecule has 10 N–H and O–H groups in total. The lowest BCUT2D eigenvalue weighted by Gasteiger charge is -2.26. The molecule has 480 valence electrons. The number of aliphatic hydroxyl groups excluding tert-OH is 2. The Balaban J connectivity index is -0.000000488. The number of carbonyl (C=O) groups is 12. The van der Waals surface area contributed by atoms with Crippen LogP contribution in [0.5, 0.6) is 0 Å². The average Bonchev–Trinajstić information content (AvgIpc) is 4.02. The molecule has 0 fully saturated rings. The molecule has 4 aliphatic heterocycles. The molecule has 0 aliphatic carbocycles. The fourth-order valence-electron chi connectivity index (χ4n) is 6.51. The first-order chi connectivity index (χ1) is 38.3. The molecule has 30 nitrogen and oxygen atoms in total. The minimum Gasteiger partial charge on any atom is -0.467 e. The summed E-state index contributed by atoms with van der Waals surface area (Å²) in [6, 6.07) is 0. The van der Waals surface area contributed by atoms with Crippen LogP contribution in [-0.4, -0.2) is 192 Å². The third-order valence-electron chi connectivity index (χ3n) is 10.9. The molecule has 0 radical (unpaired) electrons. The zero-order chi connectivity index (χ0) is 67.4. The van der Waals surface area contributed by atoms with Crippen LogP contribution >= 0.6 is 0 Å². The van der Waals surface area contributed by atoms with Gasteiger partial charge in [0.1, 0.15) is 36.8 Å². The van der Waals surface area contributed by atoms with Gasteiger partial charge in [-0.3, -0.25) is 28.8 Å². The van der Waals surface area contributed by atoms with Gasteiger partial charge in [0.2, 0.25) is 47.2 Å². The lowest BCUT2D eigenvalue weighted by molar-refractivity contribution is -0.151. The van der Waals surface area contributed by atoms with Gasteiger partial charge in [0.25, 0.3) is 0 Å². The topological polar surface area (TPSA) is 450 Å². The van der Waals surface area contributed by atoms with Crippen molar-refractivity contribution in [2.24, 2.45) is 31.4 Å². The fourth-order valence-corrected chi connectivity index (χ4v) is 6.51. The summed E-state index contributed by atoms with van der Waals surface area (Å²) in [5, 5.41) is 23.8. The first kappa shape index (κ1) is 83.0.